The van der Waals surface area contributed by atoms with Gasteiger partial charge in [-0.2, -0.15) is 5.10 Å². The van der Waals surface area contributed by atoms with Crippen LogP contribution in [0, 0.1) is 19.7 Å². The minimum atomic E-state index is -0.426. The van der Waals surface area contributed by atoms with Gasteiger partial charge in [0, 0.05) is 41.8 Å². The van der Waals surface area contributed by atoms with Gasteiger partial charge < -0.3 is 14.2 Å². The molecule has 0 amide bonds. The van der Waals surface area contributed by atoms with Crippen LogP contribution in [-0.4, -0.2) is 29.5 Å². The number of methoxy groups -OCH3 is 1. The molecule has 0 radical (unpaired) electrons. The maximum atomic E-state index is 15.3. The van der Waals surface area contributed by atoms with E-state index in [0.29, 0.717) is 36.5 Å². The first-order valence-corrected chi connectivity index (χ1v) is 13.7. The third kappa shape index (κ3) is 4.88. The fourth-order valence-electron chi connectivity index (χ4n) is 6.17. The summed E-state index contributed by atoms with van der Waals surface area (Å²) in [5, 5.41) is 4.40. The number of ether oxygens (including phenoxy) is 3. The standard InChI is InChI=1S/C33H31FN2O5/c1-18-13-20(27-10-12-30(37)36(3)35-27)14-19(2)32(18)24-7-9-26(34)33-25(24)8-11-28(33)41-22-5-6-23-21(15-31(38)39-4)17-40-29(23)16-22/h5-7,9-10,12-14,16,21,28H,8,11,15,17H2,1-4H3. The normalized spacial score (nSPS) is 17.1. The van der Waals surface area contributed by atoms with Crippen molar-refractivity contribution in [1.29, 1.82) is 0 Å². The van der Waals surface area contributed by atoms with E-state index in [0.717, 1.165) is 44.6 Å². The number of fused-ring (bicyclic) bond motifs is 2. The van der Waals surface area contributed by atoms with E-state index in [-0.39, 0.29) is 29.7 Å². The van der Waals surface area contributed by atoms with Gasteiger partial charge in [0.05, 0.1) is 25.8 Å². The second-order valence-electron chi connectivity index (χ2n) is 10.8. The van der Waals surface area contributed by atoms with E-state index >= 15 is 4.39 Å². The molecule has 6 rings (SSSR count). The molecule has 0 N–H and O–H groups in total. The Labute approximate surface area is 237 Å². The number of hydrogen-bond donors (Lipinski definition) is 0. The number of carbonyl (C=O) groups is 1. The van der Waals surface area contributed by atoms with Gasteiger partial charge in [-0.25, -0.2) is 9.07 Å². The van der Waals surface area contributed by atoms with Crippen molar-refractivity contribution in [3.05, 3.63) is 98.6 Å². The minimum absolute atomic E-state index is 0.0545. The van der Waals surface area contributed by atoms with Crippen molar-refractivity contribution in [2.24, 2.45) is 7.05 Å². The van der Waals surface area contributed by atoms with Gasteiger partial charge >= 0.3 is 5.97 Å². The highest BCUT2D eigenvalue weighted by molar-refractivity contribution is 5.79. The summed E-state index contributed by atoms with van der Waals surface area (Å²) in [7, 11) is 3.02. The van der Waals surface area contributed by atoms with Gasteiger partial charge in [-0.15, -0.1) is 0 Å². The van der Waals surface area contributed by atoms with E-state index in [9.17, 15) is 9.59 Å². The molecule has 2 heterocycles. The van der Waals surface area contributed by atoms with Crippen molar-refractivity contribution in [2.75, 3.05) is 13.7 Å². The summed E-state index contributed by atoms with van der Waals surface area (Å²) in [5.74, 6) is 0.684. The van der Waals surface area contributed by atoms with Gasteiger partial charge in [0.2, 0.25) is 0 Å². The Kier molecular flexibility index (Phi) is 6.85. The Bertz CT molecular complexity index is 1720. The minimum Gasteiger partial charge on any atom is -0.492 e. The van der Waals surface area contributed by atoms with Gasteiger partial charge in [-0.1, -0.05) is 12.1 Å². The Morgan fingerprint density at radius 1 is 1.10 bits per heavy atom. The molecule has 41 heavy (non-hydrogen) atoms. The lowest BCUT2D eigenvalue weighted by Gasteiger charge is -2.19. The van der Waals surface area contributed by atoms with Gasteiger partial charge in [0.15, 0.2) is 0 Å². The largest absolute Gasteiger partial charge is 0.492 e. The van der Waals surface area contributed by atoms with Gasteiger partial charge in [-0.3, -0.25) is 9.59 Å². The number of hydrogen-bond acceptors (Lipinski definition) is 6. The van der Waals surface area contributed by atoms with E-state index in [1.54, 1.807) is 13.1 Å². The van der Waals surface area contributed by atoms with Crippen LogP contribution in [0.1, 0.15) is 52.7 Å². The van der Waals surface area contributed by atoms with Gasteiger partial charge in [0.25, 0.3) is 5.56 Å². The Hall–Kier alpha value is -4.46. The molecule has 2 unspecified atom stereocenters. The lowest BCUT2D eigenvalue weighted by Crippen LogP contribution is -2.18. The summed E-state index contributed by atoms with van der Waals surface area (Å²) < 4.78 is 33.6. The predicted molar refractivity (Wildman–Crippen MR) is 153 cm³/mol. The molecule has 1 aromatic heterocycles. The van der Waals surface area contributed by atoms with Crippen molar-refractivity contribution >= 4 is 5.97 Å². The zero-order valence-electron chi connectivity index (χ0n) is 23.5. The van der Waals surface area contributed by atoms with E-state index in [1.165, 1.54) is 23.9 Å². The quantitative estimate of drug-likeness (QED) is 0.273. The molecule has 2 aliphatic rings. The molecule has 0 spiro atoms. The van der Waals surface area contributed by atoms with Crippen molar-refractivity contribution in [2.45, 2.75) is 45.1 Å². The SMILES string of the molecule is COC(=O)CC1COc2cc(OC3CCc4c(-c5c(C)cc(-c6ccc(=O)n(C)n6)cc5C)ccc(F)c43)ccc21. The summed E-state index contributed by atoms with van der Waals surface area (Å²) in [5.41, 5.74) is 8.16. The summed E-state index contributed by atoms with van der Waals surface area (Å²) in [4.78, 5) is 23.5. The number of rotatable bonds is 6. The highest BCUT2D eigenvalue weighted by atomic mass is 19.1. The summed E-state index contributed by atoms with van der Waals surface area (Å²) in [6.45, 7) is 4.50. The molecule has 3 aromatic carbocycles. The number of aryl methyl sites for hydroxylation is 3. The highest BCUT2D eigenvalue weighted by Crippen LogP contribution is 2.45. The maximum absolute atomic E-state index is 15.3. The Balaban J connectivity index is 1.30. The topological polar surface area (TPSA) is 79.7 Å². The van der Waals surface area contributed by atoms with Crippen molar-refractivity contribution in [3.8, 4) is 33.9 Å². The predicted octanol–water partition coefficient (Wildman–Crippen LogP) is 5.98. The van der Waals surface area contributed by atoms with Crippen molar-refractivity contribution in [1.82, 2.24) is 9.78 Å². The molecular formula is C33H31FN2O5. The second-order valence-corrected chi connectivity index (χ2v) is 10.8. The van der Waals surface area contributed by atoms with E-state index < -0.39 is 6.10 Å². The van der Waals surface area contributed by atoms with Crippen LogP contribution in [-0.2, 0) is 23.0 Å². The van der Waals surface area contributed by atoms with Crippen LogP contribution in [0.2, 0.25) is 0 Å². The van der Waals surface area contributed by atoms with Crippen LogP contribution in [0.5, 0.6) is 11.5 Å². The average molecular weight is 555 g/mol. The molecule has 0 saturated carbocycles. The molecule has 1 aliphatic carbocycles. The smallest absolute Gasteiger partial charge is 0.306 e. The zero-order chi connectivity index (χ0) is 28.8. The zero-order valence-corrected chi connectivity index (χ0v) is 23.5. The molecule has 0 bridgehead atoms. The molecule has 7 nitrogen and oxygen atoms in total. The van der Waals surface area contributed by atoms with E-state index in [4.69, 9.17) is 14.2 Å². The molecule has 0 fully saturated rings. The summed E-state index contributed by atoms with van der Waals surface area (Å²) in [6, 6.07) is 16.4. The number of benzene rings is 3. The van der Waals surface area contributed by atoms with Crippen LogP contribution in [0.25, 0.3) is 22.4 Å². The van der Waals surface area contributed by atoms with Crippen LogP contribution in [0.4, 0.5) is 4.39 Å². The number of carbonyl (C=O) groups excluding carboxylic acids is 1. The van der Waals surface area contributed by atoms with Crippen LogP contribution in [0.15, 0.2) is 59.4 Å². The molecular weight excluding hydrogens is 523 g/mol. The molecule has 1 aliphatic heterocycles. The Morgan fingerprint density at radius 3 is 2.61 bits per heavy atom. The third-order valence-corrected chi connectivity index (χ3v) is 8.12. The fourth-order valence-corrected chi connectivity index (χ4v) is 6.17. The molecule has 2 atom stereocenters. The number of nitrogens with zero attached hydrogens (tertiary/aromatic N) is 2. The second kappa shape index (κ2) is 10.5. The average Bonchev–Trinajstić information content (AvgIpc) is 3.55. The van der Waals surface area contributed by atoms with Crippen molar-refractivity contribution in [3.63, 3.8) is 0 Å². The fraction of sp³-hybridized carbons (Fsp3) is 0.303. The maximum Gasteiger partial charge on any atom is 0.306 e. The number of halogens is 1. The van der Waals surface area contributed by atoms with Gasteiger partial charge in [0.1, 0.15) is 23.4 Å². The lowest BCUT2D eigenvalue weighted by molar-refractivity contribution is -0.141. The van der Waals surface area contributed by atoms with Crippen LogP contribution in [0.3, 0.4) is 0 Å². The van der Waals surface area contributed by atoms with Crippen LogP contribution >= 0.6 is 0 Å². The van der Waals surface area contributed by atoms with E-state index in [2.05, 4.69) is 17.2 Å². The van der Waals surface area contributed by atoms with Crippen molar-refractivity contribution < 1.29 is 23.4 Å². The number of aromatic nitrogens is 2. The first-order chi connectivity index (χ1) is 19.7. The molecule has 8 heteroatoms. The number of esters is 1. The highest BCUT2D eigenvalue weighted by Gasteiger charge is 2.32. The van der Waals surface area contributed by atoms with E-state index in [1.807, 2.05) is 38.1 Å². The first-order valence-electron chi connectivity index (χ1n) is 13.7. The first kappa shape index (κ1) is 26.7. The van der Waals surface area contributed by atoms with Gasteiger partial charge in [-0.05, 0) is 84.8 Å². The molecule has 210 valence electrons. The molecule has 4 aromatic rings. The third-order valence-electron chi connectivity index (χ3n) is 8.12. The Morgan fingerprint density at radius 2 is 1.88 bits per heavy atom. The summed E-state index contributed by atoms with van der Waals surface area (Å²) in [6.07, 6.45) is 1.18. The molecule has 0 saturated heterocycles. The summed E-state index contributed by atoms with van der Waals surface area (Å²) >= 11 is 0. The lowest BCUT2D eigenvalue weighted by atomic mass is 9.88. The monoisotopic (exact) mass is 554 g/mol. The van der Waals surface area contributed by atoms with Crippen LogP contribution < -0.4 is 15.0 Å².